The van der Waals surface area contributed by atoms with Crippen molar-refractivity contribution in [1.29, 1.82) is 0 Å². The summed E-state index contributed by atoms with van der Waals surface area (Å²) in [5.74, 6) is -3.96. The number of para-hydroxylation sites is 1. The lowest BCUT2D eigenvalue weighted by atomic mass is 9.99. The minimum absolute atomic E-state index is 0.0588. The summed E-state index contributed by atoms with van der Waals surface area (Å²) in [5.41, 5.74) is 13.4. The second-order valence-corrected chi connectivity index (χ2v) is 16.5. The average molecular weight is 856 g/mol. The Morgan fingerprint density at radius 2 is 1.55 bits per heavy atom. The number of nitrogens with zero attached hydrogens (tertiary/aromatic N) is 2. The summed E-state index contributed by atoms with van der Waals surface area (Å²) >= 11 is 0. The van der Waals surface area contributed by atoms with Crippen LogP contribution < -0.4 is 43.4 Å². The van der Waals surface area contributed by atoms with E-state index >= 15 is 0 Å². The number of benzene rings is 2. The normalized spacial score (nSPS) is 22.3. The van der Waals surface area contributed by atoms with Crippen molar-refractivity contribution < 1.29 is 33.6 Å². The summed E-state index contributed by atoms with van der Waals surface area (Å²) in [6, 6.07) is 10.3. The van der Waals surface area contributed by atoms with Gasteiger partial charge in [-0.25, -0.2) is 0 Å². The zero-order chi connectivity index (χ0) is 44.8. The Kier molecular flexibility index (Phi) is 16.8. The zero-order valence-electron chi connectivity index (χ0n) is 35.7. The van der Waals surface area contributed by atoms with Crippen molar-refractivity contribution in [3.05, 3.63) is 71.9 Å². The Balaban J connectivity index is 1.46. The first kappa shape index (κ1) is 46.6. The molecule has 7 amide bonds. The van der Waals surface area contributed by atoms with E-state index in [1.165, 1.54) is 11.8 Å². The fraction of sp³-hybridized carbons (Fsp3) is 0.500. The van der Waals surface area contributed by atoms with Crippen molar-refractivity contribution in [3.63, 3.8) is 0 Å². The van der Waals surface area contributed by atoms with E-state index in [-0.39, 0.29) is 70.0 Å². The first-order valence-electron chi connectivity index (χ1n) is 21.4. The lowest BCUT2D eigenvalue weighted by Crippen LogP contribution is -2.60. The predicted molar refractivity (Wildman–Crippen MR) is 234 cm³/mol. The summed E-state index contributed by atoms with van der Waals surface area (Å²) in [7, 11) is 0. The molecule has 3 heterocycles. The molecule has 2 aromatic carbocycles. The monoisotopic (exact) mass is 855 g/mol. The minimum atomic E-state index is -1.16. The van der Waals surface area contributed by atoms with Gasteiger partial charge in [0.1, 0.15) is 36.3 Å². The SMILES string of the molecule is CC(=O)N[C@@H](Cc1ccccc1)C(=O)N[C@H]1CCCNC(=O)C(CCCN=C(N)N)NC(=O)C(Cc2c[nH]c3ccccc23)NC(=O)[C@@H](CC(C)C)NC(=O)C2CCCN2C1=O. The number of rotatable bonds is 13. The third-order valence-corrected chi connectivity index (χ3v) is 11.0. The maximum absolute atomic E-state index is 14.5. The number of amides is 7. The van der Waals surface area contributed by atoms with Crippen LogP contribution in [0.4, 0.5) is 0 Å². The Hall–Kier alpha value is -6.46. The fourth-order valence-corrected chi connectivity index (χ4v) is 8.00. The molecule has 0 spiro atoms. The number of H-pyrrole nitrogens is 1. The number of guanidine groups is 1. The van der Waals surface area contributed by atoms with Crippen LogP contribution in [-0.4, -0.2) is 113 Å². The molecule has 62 heavy (non-hydrogen) atoms. The van der Waals surface area contributed by atoms with Gasteiger partial charge in [-0.1, -0.05) is 62.4 Å². The molecule has 2 saturated heterocycles. The van der Waals surface area contributed by atoms with Gasteiger partial charge in [-0.05, 0) is 68.1 Å². The van der Waals surface area contributed by atoms with Gasteiger partial charge in [0, 0.05) is 56.5 Å². The number of carbonyl (C=O) groups is 7. The van der Waals surface area contributed by atoms with Gasteiger partial charge in [0.05, 0.1) is 0 Å². The van der Waals surface area contributed by atoms with Gasteiger partial charge in [0.25, 0.3) is 0 Å². The molecule has 6 atom stereocenters. The van der Waals surface area contributed by atoms with Crippen molar-refractivity contribution >= 4 is 58.2 Å². The van der Waals surface area contributed by atoms with Crippen LogP contribution in [-0.2, 0) is 46.4 Å². The third kappa shape index (κ3) is 13.3. The van der Waals surface area contributed by atoms with Crippen molar-refractivity contribution in [1.82, 2.24) is 41.8 Å². The number of aliphatic imine (C=N–C) groups is 1. The van der Waals surface area contributed by atoms with Crippen LogP contribution in [0.15, 0.2) is 65.8 Å². The number of hydrogen-bond acceptors (Lipinski definition) is 8. The van der Waals surface area contributed by atoms with Gasteiger partial charge in [0.2, 0.25) is 41.4 Å². The maximum atomic E-state index is 14.5. The van der Waals surface area contributed by atoms with E-state index < -0.39 is 77.6 Å². The highest BCUT2D eigenvalue weighted by Gasteiger charge is 2.40. The average Bonchev–Trinajstić information content (AvgIpc) is 3.89. The van der Waals surface area contributed by atoms with Crippen LogP contribution in [0.5, 0.6) is 0 Å². The second kappa shape index (κ2) is 22.4. The molecule has 0 bridgehead atoms. The van der Waals surface area contributed by atoms with Crippen LogP contribution in [0.2, 0.25) is 0 Å². The molecule has 5 rings (SSSR count). The lowest BCUT2D eigenvalue weighted by Gasteiger charge is -2.31. The number of nitrogens with two attached hydrogens (primary N) is 2. The summed E-state index contributed by atoms with van der Waals surface area (Å²) in [5, 5.41) is 17.9. The molecule has 0 radical (unpaired) electrons. The van der Waals surface area contributed by atoms with Crippen LogP contribution in [0.1, 0.15) is 76.8 Å². The smallest absolute Gasteiger partial charge is 0.245 e. The molecule has 0 saturated carbocycles. The van der Waals surface area contributed by atoms with Gasteiger partial charge in [-0.2, -0.15) is 0 Å². The third-order valence-electron chi connectivity index (χ3n) is 11.0. The predicted octanol–water partition coefficient (Wildman–Crippen LogP) is 0.398. The van der Waals surface area contributed by atoms with E-state index in [1.807, 2.05) is 68.4 Å². The number of carbonyl (C=O) groups excluding carboxylic acids is 7. The van der Waals surface area contributed by atoms with Crippen molar-refractivity contribution in [2.24, 2.45) is 22.4 Å². The fourth-order valence-electron chi connectivity index (χ4n) is 8.00. The molecular weight excluding hydrogens is 795 g/mol. The summed E-state index contributed by atoms with van der Waals surface area (Å²) in [6.45, 7) is 5.59. The van der Waals surface area contributed by atoms with Gasteiger partial charge < -0.3 is 53.3 Å². The molecule has 1 aromatic heterocycles. The highest BCUT2D eigenvalue weighted by atomic mass is 16.2. The Morgan fingerprint density at radius 1 is 0.855 bits per heavy atom. The Bertz CT molecular complexity index is 2080. The largest absolute Gasteiger partial charge is 0.370 e. The molecule has 18 heteroatoms. The molecule has 2 aliphatic heterocycles. The van der Waals surface area contributed by atoms with Crippen LogP contribution >= 0.6 is 0 Å². The summed E-state index contributed by atoms with van der Waals surface area (Å²) in [6.07, 6.45) is 3.82. The lowest BCUT2D eigenvalue weighted by molar-refractivity contribution is -0.142. The number of aromatic nitrogens is 1. The van der Waals surface area contributed by atoms with Gasteiger partial charge >= 0.3 is 0 Å². The minimum Gasteiger partial charge on any atom is -0.370 e. The number of fused-ring (bicyclic) bond motifs is 2. The van der Waals surface area contributed by atoms with Crippen LogP contribution in [0.3, 0.4) is 0 Å². The molecule has 0 aliphatic carbocycles. The van der Waals surface area contributed by atoms with Crippen LogP contribution in [0.25, 0.3) is 10.9 Å². The first-order chi connectivity index (χ1) is 29.7. The molecule has 2 fully saturated rings. The standard InChI is InChI=1S/C44H61N11O7/c1-26(2)22-34-39(58)53-36(24-29-25-49-31-15-8-7-14-30(29)31)41(60)51-32(16-9-20-48-44(45)46)38(57)47-19-10-17-33(43(62)55-21-11-18-37(55)42(61)54-34)52-40(59)35(50-27(3)56)23-28-12-5-4-6-13-28/h4-8,12-15,25-26,32-37,49H,9-11,16-24H2,1-3H3,(H,47,57)(H,50,56)(H,51,60)(H,52,59)(H,53,58)(H,54,61)(H4,45,46,48)/t32?,33-,34+,35-,36?,37?/m0/s1. The van der Waals surface area contributed by atoms with Gasteiger partial charge in [-0.15, -0.1) is 0 Å². The van der Waals surface area contributed by atoms with E-state index in [2.05, 4.69) is 41.9 Å². The van der Waals surface area contributed by atoms with Gasteiger partial charge in [0.15, 0.2) is 5.96 Å². The van der Waals surface area contributed by atoms with Crippen LogP contribution in [0, 0.1) is 5.92 Å². The van der Waals surface area contributed by atoms with Gasteiger partial charge in [-0.3, -0.25) is 38.6 Å². The first-order valence-corrected chi connectivity index (χ1v) is 21.4. The maximum Gasteiger partial charge on any atom is 0.245 e. The van der Waals surface area contributed by atoms with Crippen molar-refractivity contribution in [2.75, 3.05) is 19.6 Å². The molecule has 18 nitrogen and oxygen atoms in total. The van der Waals surface area contributed by atoms with Crippen molar-refractivity contribution in [3.8, 4) is 0 Å². The molecule has 3 aromatic rings. The zero-order valence-corrected chi connectivity index (χ0v) is 35.7. The summed E-state index contributed by atoms with van der Waals surface area (Å²) < 4.78 is 0. The molecule has 2 aliphatic rings. The highest BCUT2D eigenvalue weighted by molar-refractivity contribution is 5.98. The van der Waals surface area contributed by atoms with E-state index in [0.717, 1.165) is 22.0 Å². The Morgan fingerprint density at radius 3 is 2.27 bits per heavy atom. The second-order valence-electron chi connectivity index (χ2n) is 16.5. The topological polar surface area (TPSA) is 275 Å². The Labute approximate surface area is 361 Å². The van der Waals surface area contributed by atoms with E-state index in [9.17, 15) is 33.6 Å². The molecule has 3 unspecified atom stereocenters. The molecular formula is C44H61N11O7. The number of nitrogens with one attached hydrogen (secondary N) is 7. The molecule has 334 valence electrons. The van der Waals surface area contributed by atoms with Crippen molar-refractivity contribution in [2.45, 2.75) is 115 Å². The van der Waals surface area contributed by atoms with E-state index in [0.29, 0.717) is 19.3 Å². The van der Waals surface area contributed by atoms with E-state index in [1.54, 1.807) is 6.20 Å². The quantitative estimate of drug-likeness (QED) is 0.0653. The van der Waals surface area contributed by atoms with E-state index in [4.69, 9.17) is 11.5 Å². The summed E-state index contributed by atoms with van der Waals surface area (Å²) in [4.78, 5) is 106. The number of hydrogen-bond donors (Lipinski definition) is 9. The number of aromatic amines is 1. The molecule has 11 N–H and O–H groups in total. The highest BCUT2D eigenvalue weighted by Crippen LogP contribution is 2.22.